The van der Waals surface area contributed by atoms with Gasteiger partial charge in [-0.1, -0.05) is 30.8 Å². The second kappa shape index (κ2) is 16.6. The zero-order chi connectivity index (χ0) is 36.7. The molecule has 0 spiro atoms. The van der Waals surface area contributed by atoms with Crippen LogP contribution in [0.3, 0.4) is 0 Å². The van der Waals surface area contributed by atoms with Gasteiger partial charge in [0.2, 0.25) is 5.91 Å². The molecule has 51 heavy (non-hydrogen) atoms. The number of morpholine rings is 1. The van der Waals surface area contributed by atoms with E-state index in [4.69, 9.17) is 9.47 Å². The summed E-state index contributed by atoms with van der Waals surface area (Å²) in [6.45, 7) is 6.19. The van der Waals surface area contributed by atoms with Gasteiger partial charge >= 0.3 is 6.09 Å². The Kier molecular flexibility index (Phi) is 12.0. The van der Waals surface area contributed by atoms with E-state index in [9.17, 15) is 27.2 Å². The zero-order valence-corrected chi connectivity index (χ0v) is 27.7. The van der Waals surface area contributed by atoms with Crippen molar-refractivity contribution >= 4 is 23.4 Å². The molecule has 0 bridgehead atoms. The molecule has 2 amide bonds. The summed E-state index contributed by atoms with van der Waals surface area (Å²) in [6, 6.07) is 10.9. The molecule has 0 radical (unpaired) electrons. The van der Waals surface area contributed by atoms with Crippen LogP contribution in [-0.4, -0.2) is 55.4 Å². The maximum absolute atomic E-state index is 15.2. The number of aryl methyl sites for hydroxylation is 1. The molecule has 4 N–H and O–H groups in total. The van der Waals surface area contributed by atoms with Crippen LogP contribution in [-0.2, 0) is 20.7 Å². The van der Waals surface area contributed by atoms with Crippen molar-refractivity contribution in [2.24, 2.45) is 0 Å². The molecule has 14 heteroatoms. The number of methoxy groups -OCH3 is 1. The molecular weight excluding hydrogens is 673 g/mol. The fourth-order valence-corrected chi connectivity index (χ4v) is 5.82. The molecule has 4 aromatic rings. The fraction of sp³-hybridized carbons (Fsp3) is 0.270. The van der Waals surface area contributed by atoms with Crippen molar-refractivity contribution in [3.63, 3.8) is 0 Å². The highest BCUT2D eigenvalue weighted by Gasteiger charge is 2.34. The van der Waals surface area contributed by atoms with E-state index in [0.29, 0.717) is 41.0 Å². The van der Waals surface area contributed by atoms with Gasteiger partial charge in [-0.15, -0.1) is 0 Å². The molecule has 3 aromatic carbocycles. The minimum Gasteiger partial charge on any atom is -0.453 e. The number of carbonyl (C=O) groups is 2. The van der Waals surface area contributed by atoms with Crippen molar-refractivity contribution in [2.45, 2.75) is 43.9 Å². The first-order chi connectivity index (χ1) is 24.4. The quantitative estimate of drug-likeness (QED) is 0.124. The average molecular weight is 710 g/mol. The number of nitrogens with one attached hydrogen (secondary N) is 4. The number of carbonyl (C=O) groups excluding carboxylic acids is 2. The van der Waals surface area contributed by atoms with Crippen LogP contribution in [0.2, 0.25) is 0 Å². The van der Waals surface area contributed by atoms with E-state index in [1.807, 2.05) is 0 Å². The highest BCUT2D eigenvalue weighted by atomic mass is 19.2. The van der Waals surface area contributed by atoms with Gasteiger partial charge in [0, 0.05) is 35.5 Å². The van der Waals surface area contributed by atoms with E-state index in [2.05, 4.69) is 32.8 Å². The summed E-state index contributed by atoms with van der Waals surface area (Å²) in [5.41, 5.74) is 2.40. The smallest absolute Gasteiger partial charge is 0.407 e. The fourth-order valence-electron chi connectivity index (χ4n) is 5.82. The molecule has 0 aliphatic carbocycles. The van der Waals surface area contributed by atoms with Crippen molar-refractivity contribution in [1.29, 1.82) is 0 Å². The Hall–Kier alpha value is -5.34. The van der Waals surface area contributed by atoms with Gasteiger partial charge < -0.3 is 30.7 Å². The first-order valence-electron chi connectivity index (χ1n) is 16.0. The highest BCUT2D eigenvalue weighted by molar-refractivity contribution is 5.98. The van der Waals surface area contributed by atoms with E-state index >= 15 is 4.39 Å². The minimum atomic E-state index is -1.39. The molecule has 268 valence electrons. The van der Waals surface area contributed by atoms with Gasteiger partial charge in [0.15, 0.2) is 11.6 Å². The lowest BCUT2D eigenvalue weighted by atomic mass is 9.84. The van der Waals surface area contributed by atoms with Crippen LogP contribution in [0.4, 0.5) is 38.1 Å². The van der Waals surface area contributed by atoms with Crippen molar-refractivity contribution in [3.8, 4) is 0 Å². The van der Waals surface area contributed by atoms with Crippen molar-refractivity contribution in [2.75, 3.05) is 30.9 Å². The van der Waals surface area contributed by atoms with Gasteiger partial charge in [0.05, 0.1) is 43.9 Å². The number of ether oxygens (including phenoxy) is 2. The number of hydrogen-bond acceptors (Lipinski definition) is 7. The predicted molar refractivity (Wildman–Crippen MR) is 181 cm³/mol. The zero-order valence-electron chi connectivity index (χ0n) is 27.7. The summed E-state index contributed by atoms with van der Waals surface area (Å²) in [6.07, 6.45) is 1.46. The topological polar surface area (TPSA) is 114 Å². The third-order valence-corrected chi connectivity index (χ3v) is 8.59. The first-order valence-corrected chi connectivity index (χ1v) is 16.0. The number of nitrogens with zero attached hydrogens (tertiary/aromatic N) is 1. The molecular formula is C37H36F5N5O4. The van der Waals surface area contributed by atoms with Crippen LogP contribution in [0, 0.1) is 36.0 Å². The number of rotatable bonds is 12. The summed E-state index contributed by atoms with van der Waals surface area (Å²) in [5.74, 6) is -5.39. The van der Waals surface area contributed by atoms with Crippen LogP contribution in [0.5, 0.6) is 0 Å². The number of alkyl carbamates (subject to hydrolysis) is 1. The Bertz CT molecular complexity index is 1820. The van der Waals surface area contributed by atoms with Crippen LogP contribution in [0.15, 0.2) is 85.3 Å². The molecule has 3 atom stereocenters. The third-order valence-electron chi connectivity index (χ3n) is 8.59. The molecule has 5 rings (SSSR count). The number of amides is 2. The second-order valence-electron chi connectivity index (χ2n) is 12.0. The largest absolute Gasteiger partial charge is 0.453 e. The Labute approximate surface area is 291 Å². The highest BCUT2D eigenvalue weighted by Crippen LogP contribution is 2.31. The lowest BCUT2D eigenvalue weighted by Crippen LogP contribution is -2.48. The first kappa shape index (κ1) is 36.9. The second-order valence-corrected chi connectivity index (χ2v) is 12.0. The number of halogens is 5. The summed E-state index contributed by atoms with van der Waals surface area (Å²) < 4.78 is 81.1. The molecule has 1 aliphatic heterocycles. The summed E-state index contributed by atoms with van der Waals surface area (Å²) >= 11 is 0. The number of benzene rings is 3. The maximum atomic E-state index is 15.2. The monoisotopic (exact) mass is 709 g/mol. The SMILES string of the molecule is C=C(Nc1cc(F)c(F)cc1C)[C@@H]1CO[C@H](CCc2c(F)cncc2NC(=O)C(NC(=O)OC)C(c2ccc(F)cc2)c2ccc(F)cc2)CN1. The molecule has 1 unspecified atom stereocenters. The molecule has 1 aromatic heterocycles. The average Bonchev–Trinajstić information content (AvgIpc) is 3.11. The molecule has 2 heterocycles. The van der Waals surface area contributed by atoms with Gasteiger partial charge in [-0.3, -0.25) is 9.78 Å². The van der Waals surface area contributed by atoms with E-state index in [1.54, 1.807) is 6.92 Å². The number of anilines is 2. The van der Waals surface area contributed by atoms with Crippen LogP contribution in [0.25, 0.3) is 0 Å². The van der Waals surface area contributed by atoms with Crippen LogP contribution >= 0.6 is 0 Å². The molecule has 1 saturated heterocycles. The van der Waals surface area contributed by atoms with E-state index in [-0.39, 0.29) is 36.4 Å². The van der Waals surface area contributed by atoms with Crippen molar-refractivity contribution < 1.29 is 41.0 Å². The number of aromatic nitrogens is 1. The molecule has 1 aliphatic rings. The molecule has 0 saturated carbocycles. The van der Waals surface area contributed by atoms with E-state index in [1.165, 1.54) is 54.7 Å². The van der Waals surface area contributed by atoms with Gasteiger partial charge in [-0.25, -0.2) is 26.7 Å². The summed E-state index contributed by atoms with van der Waals surface area (Å²) in [4.78, 5) is 30.4. The summed E-state index contributed by atoms with van der Waals surface area (Å²) in [7, 11) is 1.12. The Balaban J connectivity index is 1.29. The van der Waals surface area contributed by atoms with Gasteiger partial charge in [0.1, 0.15) is 23.5 Å². The molecule has 9 nitrogen and oxygen atoms in total. The van der Waals surface area contributed by atoms with E-state index in [0.717, 1.165) is 25.4 Å². The van der Waals surface area contributed by atoms with Gasteiger partial charge in [0.25, 0.3) is 0 Å². The Morgan fingerprint density at radius 1 is 0.922 bits per heavy atom. The standard InChI is InChI=1S/C37H36F5N5O4/c1-20-14-28(40)29(41)15-31(20)45-21(2)33-19-51-26(16-44-33)12-13-27-30(42)17-43-18-32(27)46-36(48)35(47-37(49)50-3)34(22-4-8-24(38)9-5-22)23-6-10-25(39)11-7-23/h4-11,14-15,17-18,26,33-35,44-45H,2,12-13,16,19H2,1,3H3,(H,46,48)(H,47,49)/t26-,33+,35?/m1/s1. The Morgan fingerprint density at radius 2 is 1.55 bits per heavy atom. The lowest BCUT2D eigenvalue weighted by Gasteiger charge is -2.32. The minimum absolute atomic E-state index is 0.0507. The van der Waals surface area contributed by atoms with E-state index < -0.39 is 53.0 Å². The maximum Gasteiger partial charge on any atom is 0.407 e. The van der Waals surface area contributed by atoms with Gasteiger partial charge in [-0.2, -0.15) is 0 Å². The lowest BCUT2D eigenvalue weighted by molar-refractivity contribution is -0.118. The van der Waals surface area contributed by atoms with Crippen LogP contribution < -0.4 is 21.3 Å². The Morgan fingerprint density at radius 3 is 2.14 bits per heavy atom. The van der Waals surface area contributed by atoms with Crippen molar-refractivity contribution in [3.05, 3.63) is 137 Å². The summed E-state index contributed by atoms with van der Waals surface area (Å²) in [5, 5.41) is 11.5. The third kappa shape index (κ3) is 9.27. The normalized spacial score (nSPS) is 16.3. The number of pyridine rings is 1. The van der Waals surface area contributed by atoms with Gasteiger partial charge in [-0.05, 0) is 66.8 Å². The predicted octanol–water partition coefficient (Wildman–Crippen LogP) is 6.50. The number of hydrogen-bond donors (Lipinski definition) is 4. The van der Waals surface area contributed by atoms with Crippen LogP contribution in [0.1, 0.15) is 34.6 Å². The van der Waals surface area contributed by atoms with Crippen molar-refractivity contribution in [1.82, 2.24) is 15.6 Å². The molecule has 1 fully saturated rings.